The molecule has 1 aliphatic rings. The Labute approximate surface area is 289 Å². The zero-order valence-electron chi connectivity index (χ0n) is 26.9. The minimum Gasteiger partial charge on any atom is -0.457 e. The van der Waals surface area contributed by atoms with Gasteiger partial charge in [-0.2, -0.15) is 26.6 Å². The standard InChI is InChI=1S/C34H30F3N5O8S/c1-21(43)40-32-38-18-26-30(41-32)42(20-39-26)31-29(50-51(45,46)34(35,36)37)28(48-22(2)44)27(49-31)19-47-33(23-12-6-3-7-13-23,24-14-8-4-9-15-24)25-16-10-5-11-17-25/h3-18,20,27-29,31H,19H2,1-2H3,(H,38,40,41,43)/t27-,28-,29-,31-/m1/s1. The summed E-state index contributed by atoms with van der Waals surface area (Å²) in [5.74, 6) is -1.65. The topological polar surface area (TPSA) is 161 Å². The Hall–Kier alpha value is -5.23. The highest BCUT2D eigenvalue weighted by atomic mass is 32.2. The van der Waals surface area contributed by atoms with Gasteiger partial charge in [-0.05, 0) is 16.7 Å². The number of hydrogen-bond donors (Lipinski definition) is 1. The summed E-state index contributed by atoms with van der Waals surface area (Å²) in [6.45, 7) is 1.76. The van der Waals surface area contributed by atoms with Crippen LogP contribution in [0.25, 0.3) is 11.2 Å². The van der Waals surface area contributed by atoms with Crippen LogP contribution in [-0.4, -0.2) is 70.2 Å². The molecule has 17 heteroatoms. The number of esters is 1. The maximum absolute atomic E-state index is 13.8. The summed E-state index contributed by atoms with van der Waals surface area (Å²) in [7, 11) is -6.28. The van der Waals surface area contributed by atoms with Crippen molar-refractivity contribution in [1.82, 2.24) is 19.5 Å². The van der Waals surface area contributed by atoms with E-state index in [4.69, 9.17) is 18.4 Å². The van der Waals surface area contributed by atoms with Gasteiger partial charge in [-0.25, -0.2) is 9.97 Å². The van der Waals surface area contributed by atoms with E-state index in [1.807, 2.05) is 91.0 Å². The first kappa shape index (κ1) is 35.6. The Kier molecular flexibility index (Phi) is 9.90. The molecule has 1 fully saturated rings. The molecule has 2 aromatic heterocycles. The van der Waals surface area contributed by atoms with Crippen molar-refractivity contribution in [2.75, 3.05) is 11.9 Å². The predicted octanol–water partition coefficient (Wildman–Crippen LogP) is 4.86. The molecule has 0 bridgehead atoms. The maximum Gasteiger partial charge on any atom is 0.523 e. The summed E-state index contributed by atoms with van der Waals surface area (Å²) < 4.78 is 90.7. The molecule has 4 atom stereocenters. The second-order valence-corrected chi connectivity index (χ2v) is 13.0. The van der Waals surface area contributed by atoms with Crippen molar-refractivity contribution in [1.29, 1.82) is 0 Å². The van der Waals surface area contributed by atoms with E-state index in [1.54, 1.807) is 0 Å². The molecular formula is C34H30F3N5O8S. The third-order valence-corrected chi connectivity index (χ3v) is 9.03. The molecule has 51 heavy (non-hydrogen) atoms. The summed E-state index contributed by atoms with van der Waals surface area (Å²) in [5, 5.41) is 2.39. The average molecular weight is 726 g/mol. The lowest BCUT2D eigenvalue weighted by Gasteiger charge is -2.37. The number of carbonyl (C=O) groups is 2. The first-order valence-corrected chi connectivity index (χ1v) is 16.8. The van der Waals surface area contributed by atoms with Crippen LogP contribution in [0.3, 0.4) is 0 Å². The van der Waals surface area contributed by atoms with Crippen LogP contribution >= 0.6 is 0 Å². The molecule has 1 saturated heterocycles. The van der Waals surface area contributed by atoms with Crippen LogP contribution in [0.5, 0.6) is 0 Å². The van der Waals surface area contributed by atoms with Crippen molar-refractivity contribution >= 4 is 39.1 Å². The maximum atomic E-state index is 13.8. The fourth-order valence-corrected chi connectivity index (χ4v) is 6.52. The Bertz CT molecular complexity index is 2020. The highest BCUT2D eigenvalue weighted by Gasteiger charge is 2.57. The molecular weight excluding hydrogens is 695 g/mol. The number of carbonyl (C=O) groups excluding carboxylic acids is 2. The van der Waals surface area contributed by atoms with Gasteiger partial charge in [0.05, 0.1) is 19.1 Å². The molecule has 13 nitrogen and oxygen atoms in total. The van der Waals surface area contributed by atoms with Gasteiger partial charge in [0.2, 0.25) is 11.9 Å². The predicted molar refractivity (Wildman–Crippen MR) is 174 cm³/mol. The molecule has 0 unspecified atom stereocenters. The van der Waals surface area contributed by atoms with Crippen LogP contribution in [0.1, 0.15) is 36.8 Å². The van der Waals surface area contributed by atoms with Gasteiger partial charge < -0.3 is 14.2 Å². The van der Waals surface area contributed by atoms with Gasteiger partial charge in [0.1, 0.15) is 17.2 Å². The minimum absolute atomic E-state index is 0.0629. The van der Waals surface area contributed by atoms with Crippen LogP contribution in [0.2, 0.25) is 0 Å². The van der Waals surface area contributed by atoms with Crippen LogP contribution in [0, 0.1) is 0 Å². The molecule has 0 aliphatic carbocycles. The molecule has 1 aliphatic heterocycles. The van der Waals surface area contributed by atoms with Crippen molar-refractivity contribution < 1.29 is 49.6 Å². The molecule has 1 N–H and O–H groups in total. The molecule has 5 aromatic rings. The molecule has 0 radical (unpaired) electrons. The number of hydrogen-bond acceptors (Lipinski definition) is 11. The third-order valence-electron chi connectivity index (χ3n) is 7.99. The van der Waals surface area contributed by atoms with Crippen LogP contribution in [0.15, 0.2) is 104 Å². The quantitative estimate of drug-likeness (QED) is 0.0858. The smallest absolute Gasteiger partial charge is 0.457 e. The number of nitrogens with zero attached hydrogens (tertiary/aromatic N) is 4. The summed E-state index contributed by atoms with van der Waals surface area (Å²) in [5.41, 5.74) is -5.10. The van der Waals surface area contributed by atoms with E-state index in [0.29, 0.717) is 16.7 Å². The van der Waals surface area contributed by atoms with E-state index in [1.165, 1.54) is 13.1 Å². The summed E-state index contributed by atoms with van der Waals surface area (Å²) >= 11 is 0. The lowest BCUT2D eigenvalue weighted by atomic mass is 9.80. The fraction of sp³-hybridized carbons (Fsp3) is 0.265. The summed E-state index contributed by atoms with van der Waals surface area (Å²) in [6.07, 6.45) is -4.68. The monoisotopic (exact) mass is 725 g/mol. The number of anilines is 1. The number of aromatic nitrogens is 4. The van der Waals surface area contributed by atoms with Crippen molar-refractivity contribution in [3.8, 4) is 0 Å². The first-order valence-electron chi connectivity index (χ1n) is 15.4. The second kappa shape index (κ2) is 14.2. The third kappa shape index (κ3) is 7.18. The highest BCUT2D eigenvalue weighted by Crippen LogP contribution is 2.43. The van der Waals surface area contributed by atoms with Crippen molar-refractivity contribution in [3.05, 3.63) is 120 Å². The van der Waals surface area contributed by atoms with E-state index < -0.39 is 64.3 Å². The van der Waals surface area contributed by atoms with Gasteiger partial charge in [-0.1, -0.05) is 91.0 Å². The molecule has 1 amide bonds. The number of alkyl halides is 3. The zero-order chi connectivity index (χ0) is 36.4. The number of halogens is 3. The summed E-state index contributed by atoms with van der Waals surface area (Å²) in [6, 6.07) is 27.4. The number of ether oxygens (including phenoxy) is 3. The van der Waals surface area contributed by atoms with E-state index in [-0.39, 0.29) is 17.1 Å². The number of nitrogens with one attached hydrogen (secondary N) is 1. The molecule has 3 heterocycles. The molecule has 6 rings (SSSR count). The van der Waals surface area contributed by atoms with Gasteiger partial charge in [0.25, 0.3) is 0 Å². The van der Waals surface area contributed by atoms with Gasteiger partial charge in [0.15, 0.2) is 24.1 Å². The van der Waals surface area contributed by atoms with E-state index in [9.17, 15) is 31.2 Å². The second-order valence-electron chi connectivity index (χ2n) is 11.4. The number of rotatable bonds is 11. The van der Waals surface area contributed by atoms with Gasteiger partial charge in [0, 0.05) is 13.8 Å². The normalized spacial score (nSPS) is 19.5. The number of benzene rings is 3. The van der Waals surface area contributed by atoms with E-state index in [0.717, 1.165) is 17.8 Å². The van der Waals surface area contributed by atoms with E-state index >= 15 is 0 Å². The average Bonchev–Trinajstić information content (AvgIpc) is 3.65. The highest BCUT2D eigenvalue weighted by molar-refractivity contribution is 7.87. The van der Waals surface area contributed by atoms with Crippen molar-refractivity contribution in [2.24, 2.45) is 0 Å². The minimum atomic E-state index is -6.28. The lowest BCUT2D eigenvalue weighted by Crippen LogP contribution is -2.44. The van der Waals surface area contributed by atoms with Crippen molar-refractivity contribution in [2.45, 2.75) is 49.5 Å². The Balaban J connectivity index is 1.48. The largest absolute Gasteiger partial charge is 0.523 e. The van der Waals surface area contributed by atoms with Crippen molar-refractivity contribution in [3.63, 3.8) is 0 Å². The Morgan fingerprint density at radius 3 is 1.90 bits per heavy atom. The molecule has 3 aromatic carbocycles. The van der Waals surface area contributed by atoms with Crippen LogP contribution in [-0.2, 0) is 43.7 Å². The molecule has 0 saturated carbocycles. The van der Waals surface area contributed by atoms with Crippen LogP contribution in [0.4, 0.5) is 19.1 Å². The molecule has 0 spiro atoms. The SMILES string of the molecule is CC(=O)Nc1ncc2ncn([C@@H]3O[C@H](COC(c4ccccc4)(c4ccccc4)c4ccccc4)[C@@H](OC(C)=O)[C@H]3OS(=O)(=O)C(F)(F)F)c2n1. The van der Waals surface area contributed by atoms with Gasteiger partial charge in [-0.15, -0.1) is 0 Å². The van der Waals surface area contributed by atoms with Crippen LogP contribution < -0.4 is 5.32 Å². The number of amides is 1. The Morgan fingerprint density at radius 1 is 0.863 bits per heavy atom. The molecule has 266 valence electrons. The fourth-order valence-electron chi connectivity index (χ4n) is 5.91. The zero-order valence-corrected chi connectivity index (χ0v) is 27.7. The summed E-state index contributed by atoms with van der Waals surface area (Å²) in [4.78, 5) is 36.5. The Morgan fingerprint density at radius 2 is 1.41 bits per heavy atom. The number of imidazole rings is 1. The lowest BCUT2D eigenvalue weighted by molar-refractivity contribution is -0.155. The number of fused-ring (bicyclic) bond motifs is 1. The van der Waals surface area contributed by atoms with Gasteiger partial charge >= 0.3 is 21.6 Å². The van der Waals surface area contributed by atoms with Gasteiger partial charge in [-0.3, -0.25) is 23.7 Å². The first-order chi connectivity index (χ1) is 24.3. The van der Waals surface area contributed by atoms with E-state index in [2.05, 4.69) is 20.3 Å².